The first-order valence-corrected chi connectivity index (χ1v) is 15.4. The number of imide groups is 1. The fraction of sp³-hybridized carbons (Fsp3) is 0.485. The van der Waals surface area contributed by atoms with Crippen LogP contribution in [0.15, 0.2) is 48.5 Å². The molecule has 5 amide bonds. The Bertz CT molecular complexity index is 1570. The number of amides is 5. The summed E-state index contributed by atoms with van der Waals surface area (Å²) in [5.74, 6) is -2.31. The normalized spacial score (nSPS) is 20.4. The van der Waals surface area contributed by atoms with Crippen molar-refractivity contribution in [3.8, 4) is 0 Å². The van der Waals surface area contributed by atoms with E-state index in [-0.39, 0.29) is 24.6 Å². The van der Waals surface area contributed by atoms with Crippen molar-refractivity contribution in [2.24, 2.45) is 5.92 Å². The van der Waals surface area contributed by atoms with Crippen LogP contribution in [0.25, 0.3) is 0 Å². The highest BCUT2D eigenvalue weighted by Gasteiger charge is 2.58. The average molecular weight is 659 g/mol. The minimum absolute atomic E-state index is 0.0273. The molecule has 0 bridgehead atoms. The second kappa shape index (κ2) is 12.5. The number of nitrogens with zero attached hydrogens (tertiary/aromatic N) is 2. The molecule has 2 aliphatic carbocycles. The van der Waals surface area contributed by atoms with Gasteiger partial charge >= 0.3 is 18.4 Å². The number of hydrogen-bond donors (Lipinski definition) is 2. The van der Waals surface area contributed by atoms with Crippen LogP contribution in [0.3, 0.4) is 0 Å². The van der Waals surface area contributed by atoms with Gasteiger partial charge in [-0.05, 0) is 76.1 Å². The average Bonchev–Trinajstić information content (AvgIpc) is 3.73. The van der Waals surface area contributed by atoms with Crippen LogP contribution in [0.1, 0.15) is 63.6 Å². The van der Waals surface area contributed by atoms with Crippen LogP contribution >= 0.6 is 0 Å². The van der Waals surface area contributed by atoms with Crippen molar-refractivity contribution in [2.75, 3.05) is 11.9 Å². The summed E-state index contributed by atoms with van der Waals surface area (Å²) in [6.45, 7) is 6.17. The van der Waals surface area contributed by atoms with E-state index in [1.54, 1.807) is 10.2 Å². The Morgan fingerprint density at radius 1 is 1.09 bits per heavy atom. The number of benzene rings is 2. The number of fused-ring (bicyclic) bond motifs is 2. The summed E-state index contributed by atoms with van der Waals surface area (Å²) < 4.78 is 51.6. The van der Waals surface area contributed by atoms with Gasteiger partial charge < -0.3 is 25.0 Å². The molecule has 2 unspecified atom stereocenters. The Morgan fingerprint density at radius 3 is 2.38 bits per heavy atom. The molecule has 14 heteroatoms. The van der Waals surface area contributed by atoms with E-state index >= 15 is 0 Å². The van der Waals surface area contributed by atoms with E-state index in [0.29, 0.717) is 23.6 Å². The predicted molar refractivity (Wildman–Crippen MR) is 162 cm³/mol. The smallest absolute Gasteiger partial charge is 0.418 e. The molecule has 252 valence electrons. The summed E-state index contributed by atoms with van der Waals surface area (Å²) in [4.78, 5) is 67.5. The number of hydrogen-bond acceptors (Lipinski definition) is 7. The topological polar surface area (TPSA) is 134 Å². The molecule has 1 saturated carbocycles. The Kier molecular flexibility index (Phi) is 8.99. The van der Waals surface area contributed by atoms with Crippen molar-refractivity contribution >= 4 is 35.6 Å². The molecule has 1 saturated heterocycles. The van der Waals surface area contributed by atoms with Gasteiger partial charge in [0.1, 0.15) is 12.1 Å². The molecular weight excluding hydrogens is 621 g/mol. The fourth-order valence-electron chi connectivity index (χ4n) is 5.97. The molecule has 0 aromatic heterocycles. The van der Waals surface area contributed by atoms with Crippen molar-refractivity contribution in [3.05, 3.63) is 65.2 Å². The van der Waals surface area contributed by atoms with Gasteiger partial charge in [0.2, 0.25) is 17.6 Å². The highest BCUT2D eigenvalue weighted by atomic mass is 19.4. The number of alkyl carbamates (subject to hydrolysis) is 1. The monoisotopic (exact) mass is 658 g/mol. The first kappa shape index (κ1) is 33.7. The Labute approximate surface area is 269 Å². The van der Waals surface area contributed by atoms with E-state index < -0.39 is 59.9 Å². The zero-order chi connectivity index (χ0) is 34.3. The molecule has 2 aromatic carbocycles. The van der Waals surface area contributed by atoms with E-state index in [2.05, 4.69) is 5.32 Å². The molecule has 0 radical (unpaired) electrons. The number of anilines is 1. The van der Waals surface area contributed by atoms with Gasteiger partial charge in [-0.15, -0.1) is 0 Å². The first-order valence-electron chi connectivity index (χ1n) is 15.4. The molecule has 3 atom stereocenters. The summed E-state index contributed by atoms with van der Waals surface area (Å²) in [5.41, 5.74) is -1.12. The van der Waals surface area contributed by atoms with E-state index in [1.807, 2.05) is 37.3 Å². The Balaban J connectivity index is 1.29. The van der Waals surface area contributed by atoms with Gasteiger partial charge in [0.05, 0.1) is 0 Å². The van der Waals surface area contributed by atoms with Crippen LogP contribution in [0.4, 0.5) is 28.4 Å². The summed E-state index contributed by atoms with van der Waals surface area (Å²) in [6, 6.07) is 10.5. The van der Waals surface area contributed by atoms with Gasteiger partial charge in [-0.2, -0.15) is 13.2 Å². The molecular formula is C33H37F3N4O7. The number of rotatable bonds is 9. The zero-order valence-corrected chi connectivity index (χ0v) is 26.5. The lowest BCUT2D eigenvalue weighted by Gasteiger charge is -2.30. The second-order valence-corrected chi connectivity index (χ2v) is 13.2. The molecule has 2 fully saturated rings. The van der Waals surface area contributed by atoms with Crippen LogP contribution in [0, 0.1) is 5.92 Å². The molecule has 2 N–H and O–H groups in total. The molecule has 2 aromatic rings. The van der Waals surface area contributed by atoms with Gasteiger partial charge in [0, 0.05) is 30.3 Å². The molecule has 1 aliphatic heterocycles. The van der Waals surface area contributed by atoms with Crippen LogP contribution in [0.2, 0.25) is 0 Å². The molecule has 3 aliphatic rings. The number of alkyl halides is 3. The van der Waals surface area contributed by atoms with Crippen LogP contribution in [0.5, 0.6) is 0 Å². The van der Waals surface area contributed by atoms with Crippen molar-refractivity contribution in [1.82, 2.24) is 15.1 Å². The van der Waals surface area contributed by atoms with Crippen molar-refractivity contribution in [1.29, 1.82) is 0 Å². The van der Waals surface area contributed by atoms with Gasteiger partial charge in [0.25, 0.3) is 11.8 Å². The highest BCUT2D eigenvalue weighted by molar-refractivity contribution is 6.06. The third-order valence-electron chi connectivity index (χ3n) is 8.48. The quantitative estimate of drug-likeness (QED) is 0.386. The van der Waals surface area contributed by atoms with E-state index in [4.69, 9.17) is 9.47 Å². The lowest BCUT2D eigenvalue weighted by Crippen LogP contribution is -2.53. The third-order valence-corrected chi connectivity index (χ3v) is 8.48. The lowest BCUT2D eigenvalue weighted by atomic mass is 9.94. The maximum absolute atomic E-state index is 13.8. The molecule has 1 heterocycles. The fourth-order valence-corrected chi connectivity index (χ4v) is 5.97. The Hall–Kier alpha value is -4.62. The number of halogens is 3. The van der Waals surface area contributed by atoms with Crippen LogP contribution in [-0.2, 0) is 42.4 Å². The number of aryl methyl sites for hydroxylation is 1. The van der Waals surface area contributed by atoms with E-state index in [9.17, 15) is 37.1 Å². The SMILES string of the molecule is C[C@@H](C1CC1)N(Cc1ccccc1)C(=O)CN1C(=O)OC2(CCc3cc(NC(=O)C(NC(=O)OC(C)(C)C)C(F)(F)F)ccc32)C1=O. The lowest BCUT2D eigenvalue weighted by molar-refractivity contribution is -0.164. The largest absolute Gasteiger partial charge is 0.444 e. The molecule has 11 nitrogen and oxygen atoms in total. The van der Waals surface area contributed by atoms with E-state index in [1.165, 1.54) is 39.0 Å². The number of carbonyl (C=O) groups is 5. The van der Waals surface area contributed by atoms with Gasteiger partial charge in [-0.1, -0.05) is 36.4 Å². The predicted octanol–water partition coefficient (Wildman–Crippen LogP) is 5.03. The minimum Gasteiger partial charge on any atom is -0.444 e. The number of nitrogens with one attached hydrogen (secondary N) is 2. The van der Waals surface area contributed by atoms with Gasteiger partial charge in [-0.25, -0.2) is 14.5 Å². The minimum atomic E-state index is -5.12. The first-order chi connectivity index (χ1) is 22.0. The zero-order valence-electron chi connectivity index (χ0n) is 26.5. The van der Waals surface area contributed by atoms with Crippen molar-refractivity contribution < 1.29 is 46.6 Å². The van der Waals surface area contributed by atoms with Crippen LogP contribution < -0.4 is 10.6 Å². The molecule has 1 spiro atoms. The standard InChI is InChI=1S/C33H37F3N4O7/c1-19(21-10-11-21)39(17-20-8-6-5-7-9-20)25(41)18-40-28(43)32(47-30(40)45)15-14-22-16-23(12-13-24(22)32)37-27(42)26(33(34,35)36)38-29(44)46-31(2,3)4/h5-9,12-13,16,19,21,26H,10-11,14-15,17-18H2,1-4H3,(H,37,42)(H,38,44)/t19-,26?,32?/m0/s1. The van der Waals surface area contributed by atoms with Crippen molar-refractivity contribution in [2.45, 2.75) is 89.4 Å². The number of carbonyl (C=O) groups excluding carboxylic acids is 5. The van der Waals surface area contributed by atoms with Crippen molar-refractivity contribution in [3.63, 3.8) is 0 Å². The summed E-state index contributed by atoms with van der Waals surface area (Å²) >= 11 is 0. The summed E-state index contributed by atoms with van der Waals surface area (Å²) in [5, 5.41) is 3.71. The maximum Gasteiger partial charge on any atom is 0.418 e. The molecule has 47 heavy (non-hydrogen) atoms. The van der Waals surface area contributed by atoms with Gasteiger partial charge in [0.15, 0.2) is 0 Å². The van der Waals surface area contributed by atoms with E-state index in [0.717, 1.165) is 23.3 Å². The molecule has 5 rings (SSSR count). The second-order valence-electron chi connectivity index (χ2n) is 13.2. The van der Waals surface area contributed by atoms with Crippen LogP contribution in [-0.4, -0.2) is 70.1 Å². The summed E-state index contributed by atoms with van der Waals surface area (Å²) in [7, 11) is 0. The maximum atomic E-state index is 13.8. The summed E-state index contributed by atoms with van der Waals surface area (Å²) in [6.07, 6.45) is -5.27. The Morgan fingerprint density at radius 2 is 1.77 bits per heavy atom. The highest BCUT2D eigenvalue weighted by Crippen LogP contribution is 2.46. The van der Waals surface area contributed by atoms with Gasteiger partial charge in [-0.3, -0.25) is 14.4 Å². The third kappa shape index (κ3) is 7.36. The number of ether oxygens (including phenoxy) is 2.